The number of allylic oxidation sites excluding steroid dienone is 2. The molecule has 4 heteroatoms. The molecular weight excluding hydrogens is 304 g/mol. The largest absolute Gasteiger partial charge is 0.456 e. The summed E-state index contributed by atoms with van der Waals surface area (Å²) in [6, 6.07) is 0. The van der Waals surface area contributed by atoms with E-state index in [-0.39, 0.29) is 5.92 Å². The Hall–Kier alpha value is -1.39. The molecule has 2 rings (SSSR count). The Morgan fingerprint density at radius 3 is 2.71 bits per heavy atom. The third kappa shape index (κ3) is 4.58. The lowest BCUT2D eigenvalue weighted by Crippen LogP contribution is -2.47. The molecule has 2 bridgehead atoms. The fourth-order valence-electron chi connectivity index (χ4n) is 3.46. The van der Waals surface area contributed by atoms with Crippen LogP contribution in [0.15, 0.2) is 36.0 Å². The maximum absolute atomic E-state index is 12.1. The van der Waals surface area contributed by atoms with Crippen LogP contribution in [0.25, 0.3) is 0 Å². The minimum atomic E-state index is -1.05. The van der Waals surface area contributed by atoms with Crippen molar-refractivity contribution in [1.29, 1.82) is 0 Å². The summed E-state index contributed by atoms with van der Waals surface area (Å²) in [6.07, 6.45) is 5.72. The highest BCUT2D eigenvalue weighted by atomic mass is 16.6. The number of aliphatic hydroxyl groups is 2. The van der Waals surface area contributed by atoms with Gasteiger partial charge in [0.25, 0.3) is 0 Å². The van der Waals surface area contributed by atoms with Crippen LogP contribution in [0.5, 0.6) is 0 Å². The van der Waals surface area contributed by atoms with E-state index in [0.717, 1.165) is 18.4 Å². The molecule has 0 radical (unpaired) electrons. The monoisotopic (exact) mass is 334 g/mol. The number of ether oxygens (including phenoxy) is 1. The summed E-state index contributed by atoms with van der Waals surface area (Å²) < 4.78 is 5.44. The number of fused-ring (bicyclic) bond motifs is 2. The number of esters is 1. The number of hydrogen-bond donors (Lipinski definition) is 2. The van der Waals surface area contributed by atoms with Crippen molar-refractivity contribution in [3.8, 4) is 0 Å². The lowest BCUT2D eigenvalue weighted by Gasteiger charge is -2.39. The maximum atomic E-state index is 12.1. The zero-order chi connectivity index (χ0) is 17.9. The molecule has 1 aliphatic carbocycles. The first-order valence-electron chi connectivity index (χ1n) is 8.84. The van der Waals surface area contributed by atoms with Crippen molar-refractivity contribution in [2.45, 2.75) is 76.6 Å². The number of aliphatic hydroxyl groups excluding tert-OH is 1. The first-order chi connectivity index (χ1) is 11.2. The molecule has 0 aromatic rings. The molecule has 2 N–H and O–H groups in total. The molecule has 0 aromatic carbocycles. The van der Waals surface area contributed by atoms with Crippen molar-refractivity contribution in [3.63, 3.8) is 0 Å². The zero-order valence-electron chi connectivity index (χ0n) is 14.9. The summed E-state index contributed by atoms with van der Waals surface area (Å²) in [5.41, 5.74) is 1.41. The number of carbonyl (C=O) groups is 1. The summed E-state index contributed by atoms with van der Waals surface area (Å²) in [6.45, 7) is 11.6. The van der Waals surface area contributed by atoms with Crippen LogP contribution in [-0.4, -0.2) is 34.0 Å². The normalized spacial score (nSPS) is 38.8. The molecule has 0 saturated carbocycles. The van der Waals surface area contributed by atoms with Crippen molar-refractivity contribution in [2.24, 2.45) is 5.92 Å². The van der Waals surface area contributed by atoms with Gasteiger partial charge in [0, 0.05) is 5.57 Å². The highest BCUT2D eigenvalue weighted by Gasteiger charge is 2.41. The Morgan fingerprint density at radius 1 is 1.29 bits per heavy atom. The second-order valence-corrected chi connectivity index (χ2v) is 7.55. The predicted octanol–water partition coefficient (Wildman–Crippen LogP) is 3.44. The fraction of sp³-hybridized carbons (Fsp3) is 0.650. The molecule has 0 spiro atoms. The van der Waals surface area contributed by atoms with Gasteiger partial charge in [-0.25, -0.2) is 4.79 Å². The zero-order valence-corrected chi connectivity index (χ0v) is 14.9. The van der Waals surface area contributed by atoms with E-state index < -0.39 is 23.8 Å². The minimum Gasteiger partial charge on any atom is -0.456 e. The average Bonchev–Trinajstić information content (AvgIpc) is 2.52. The van der Waals surface area contributed by atoms with E-state index in [1.807, 2.05) is 6.92 Å². The van der Waals surface area contributed by atoms with Gasteiger partial charge in [-0.3, -0.25) is 0 Å². The van der Waals surface area contributed by atoms with Crippen molar-refractivity contribution < 1.29 is 19.7 Å². The van der Waals surface area contributed by atoms with Crippen molar-refractivity contribution in [1.82, 2.24) is 0 Å². The molecule has 134 valence electrons. The molecule has 24 heavy (non-hydrogen) atoms. The van der Waals surface area contributed by atoms with E-state index in [4.69, 9.17) is 4.74 Å². The quantitative estimate of drug-likeness (QED) is 0.404. The molecular formula is C20H30O4. The van der Waals surface area contributed by atoms with Crippen molar-refractivity contribution in [2.75, 3.05) is 0 Å². The van der Waals surface area contributed by atoms with Crippen LogP contribution in [-0.2, 0) is 9.53 Å². The van der Waals surface area contributed by atoms with Gasteiger partial charge in [0.05, 0.1) is 11.7 Å². The van der Waals surface area contributed by atoms with E-state index in [1.54, 1.807) is 6.92 Å². The Kier molecular flexibility index (Phi) is 6.05. The Morgan fingerprint density at radius 2 is 2.00 bits per heavy atom. The molecule has 1 saturated heterocycles. The van der Waals surface area contributed by atoms with E-state index in [9.17, 15) is 15.0 Å². The second kappa shape index (κ2) is 7.66. The molecule has 1 aliphatic heterocycles. The summed E-state index contributed by atoms with van der Waals surface area (Å²) in [7, 11) is 0. The predicted molar refractivity (Wildman–Crippen MR) is 94.4 cm³/mol. The van der Waals surface area contributed by atoms with E-state index >= 15 is 0 Å². The number of carbonyl (C=O) groups excluding carboxylic acids is 1. The molecule has 4 atom stereocenters. The molecule has 0 amide bonds. The third-order valence-corrected chi connectivity index (χ3v) is 5.44. The number of rotatable bonds is 0. The van der Waals surface area contributed by atoms with E-state index in [2.05, 4.69) is 19.2 Å². The Bertz CT molecular complexity index is 544. The van der Waals surface area contributed by atoms with E-state index in [1.165, 1.54) is 5.57 Å². The van der Waals surface area contributed by atoms with Crippen LogP contribution in [0.2, 0.25) is 0 Å². The van der Waals surface area contributed by atoms with Crippen LogP contribution >= 0.6 is 0 Å². The van der Waals surface area contributed by atoms with E-state index in [0.29, 0.717) is 37.7 Å². The first kappa shape index (κ1) is 18.9. The van der Waals surface area contributed by atoms with Gasteiger partial charge in [-0.2, -0.15) is 0 Å². The van der Waals surface area contributed by atoms with Gasteiger partial charge in [-0.05, 0) is 70.3 Å². The molecule has 1 fully saturated rings. The molecule has 0 aromatic heterocycles. The highest BCUT2D eigenvalue weighted by Crippen LogP contribution is 2.36. The highest BCUT2D eigenvalue weighted by molar-refractivity contribution is 5.89. The van der Waals surface area contributed by atoms with Crippen molar-refractivity contribution in [3.05, 3.63) is 36.0 Å². The van der Waals surface area contributed by atoms with Crippen LogP contribution in [0.4, 0.5) is 0 Å². The van der Waals surface area contributed by atoms with Gasteiger partial charge >= 0.3 is 5.97 Å². The SMILES string of the molecule is C=C1C(=O)O[C@@H]2C[C@H]1CCC(=C)[C@@H](O)CC/C(C)=C\CC[C@]2(C)O. The minimum absolute atomic E-state index is 0.0353. The maximum Gasteiger partial charge on any atom is 0.334 e. The molecule has 0 unspecified atom stereocenters. The lowest BCUT2D eigenvalue weighted by molar-refractivity contribution is -0.168. The molecule has 4 nitrogen and oxygen atoms in total. The number of hydrogen-bond acceptors (Lipinski definition) is 4. The van der Waals surface area contributed by atoms with Gasteiger partial charge in [-0.1, -0.05) is 24.8 Å². The summed E-state index contributed by atoms with van der Waals surface area (Å²) in [5.74, 6) is -0.451. The fourth-order valence-corrected chi connectivity index (χ4v) is 3.46. The van der Waals surface area contributed by atoms with Crippen LogP contribution in [0, 0.1) is 5.92 Å². The van der Waals surface area contributed by atoms with Gasteiger partial charge in [0.15, 0.2) is 0 Å². The van der Waals surface area contributed by atoms with Crippen LogP contribution in [0.1, 0.15) is 58.8 Å². The standard InChI is InChI=1S/C20H30O4/c1-13-6-5-11-20(4,23)18-12-16(15(3)19(22)24-18)9-8-14(2)17(21)10-7-13/h6,16-18,21,23H,2-3,5,7-12H2,1,4H3/b13-6-/t16-,17+,18-,20+/m1/s1. The second-order valence-electron chi connectivity index (χ2n) is 7.55. The molecule has 1 heterocycles. The summed E-state index contributed by atoms with van der Waals surface area (Å²) in [4.78, 5) is 12.1. The van der Waals surface area contributed by atoms with Gasteiger partial charge in [0.1, 0.15) is 6.10 Å². The van der Waals surface area contributed by atoms with Gasteiger partial charge in [0.2, 0.25) is 0 Å². The summed E-state index contributed by atoms with van der Waals surface area (Å²) in [5, 5.41) is 21.0. The first-order valence-corrected chi connectivity index (χ1v) is 8.84. The Balaban J connectivity index is 2.22. The van der Waals surface area contributed by atoms with Crippen LogP contribution < -0.4 is 0 Å². The topological polar surface area (TPSA) is 66.8 Å². The average molecular weight is 334 g/mol. The molecule has 2 aliphatic rings. The smallest absolute Gasteiger partial charge is 0.334 e. The van der Waals surface area contributed by atoms with Crippen LogP contribution in [0.3, 0.4) is 0 Å². The summed E-state index contributed by atoms with van der Waals surface area (Å²) >= 11 is 0. The lowest BCUT2D eigenvalue weighted by atomic mass is 9.79. The van der Waals surface area contributed by atoms with Crippen molar-refractivity contribution >= 4 is 5.97 Å². The Labute approximate surface area is 144 Å². The third-order valence-electron chi connectivity index (χ3n) is 5.44. The van der Waals surface area contributed by atoms with Gasteiger partial charge < -0.3 is 14.9 Å². The van der Waals surface area contributed by atoms with Gasteiger partial charge in [-0.15, -0.1) is 0 Å².